The molecule has 92 valence electrons. The first-order chi connectivity index (χ1) is 8.22. The Morgan fingerprint density at radius 1 is 1.41 bits per heavy atom. The summed E-state index contributed by atoms with van der Waals surface area (Å²) in [5.41, 5.74) is 1.73. The van der Waals surface area contributed by atoms with E-state index in [4.69, 9.17) is 5.26 Å². The van der Waals surface area contributed by atoms with Gasteiger partial charge in [-0.2, -0.15) is 5.26 Å². The van der Waals surface area contributed by atoms with Crippen LogP contribution in [0.4, 0.5) is 0 Å². The molecule has 0 amide bonds. The number of hydrogen-bond acceptors (Lipinski definition) is 4. The molecular weight excluding hydrogens is 230 g/mol. The molecule has 1 aromatic heterocycles. The lowest BCUT2D eigenvalue weighted by Gasteiger charge is -2.17. The minimum atomic E-state index is 0.719. The van der Waals surface area contributed by atoms with E-state index in [9.17, 15) is 0 Å². The third-order valence-electron chi connectivity index (χ3n) is 2.78. The summed E-state index contributed by atoms with van der Waals surface area (Å²) >= 11 is 1.67. The number of aromatic nitrogens is 1. The molecule has 0 aliphatic rings. The second-order valence-electron chi connectivity index (χ2n) is 3.80. The van der Waals surface area contributed by atoms with E-state index in [1.807, 2.05) is 13.0 Å². The van der Waals surface area contributed by atoms with Crippen LogP contribution in [0.3, 0.4) is 0 Å². The summed E-state index contributed by atoms with van der Waals surface area (Å²) in [6.45, 7) is 9.47. The number of thioether (sulfide) groups is 1. The van der Waals surface area contributed by atoms with Crippen molar-refractivity contribution in [3.63, 3.8) is 0 Å². The van der Waals surface area contributed by atoms with E-state index in [-0.39, 0.29) is 0 Å². The molecule has 0 aliphatic heterocycles. The molecule has 0 unspecified atom stereocenters. The Bertz CT molecular complexity index is 394. The highest BCUT2D eigenvalue weighted by molar-refractivity contribution is 7.99. The third-order valence-corrected chi connectivity index (χ3v) is 3.75. The summed E-state index contributed by atoms with van der Waals surface area (Å²) in [5, 5.41) is 9.95. The molecule has 0 spiro atoms. The lowest BCUT2D eigenvalue weighted by Crippen LogP contribution is -2.25. The molecule has 0 N–H and O–H groups in total. The standard InChI is InChI=1S/C13H19N3S/c1-4-16(5-2)8-9-17-13-12(10-14)11(3)6-7-15-13/h6-7H,4-5,8-9H2,1-3H3. The van der Waals surface area contributed by atoms with Gasteiger partial charge in [0.15, 0.2) is 0 Å². The van der Waals surface area contributed by atoms with E-state index in [0.29, 0.717) is 0 Å². The van der Waals surface area contributed by atoms with Crippen LogP contribution in [-0.4, -0.2) is 35.3 Å². The molecular formula is C13H19N3S. The zero-order valence-corrected chi connectivity index (χ0v) is 11.5. The van der Waals surface area contributed by atoms with Gasteiger partial charge in [-0.3, -0.25) is 0 Å². The van der Waals surface area contributed by atoms with E-state index in [0.717, 1.165) is 41.5 Å². The van der Waals surface area contributed by atoms with Crippen LogP contribution in [0.1, 0.15) is 25.0 Å². The Hall–Kier alpha value is -1.05. The average molecular weight is 249 g/mol. The van der Waals surface area contributed by atoms with Crippen molar-refractivity contribution >= 4 is 11.8 Å². The van der Waals surface area contributed by atoms with Crippen LogP contribution in [-0.2, 0) is 0 Å². The highest BCUT2D eigenvalue weighted by Gasteiger charge is 2.07. The molecule has 0 saturated heterocycles. The van der Waals surface area contributed by atoms with Gasteiger partial charge in [0.05, 0.1) is 5.56 Å². The molecule has 0 fully saturated rings. The average Bonchev–Trinajstić information content (AvgIpc) is 2.35. The Labute approximate surface area is 108 Å². The normalized spacial score (nSPS) is 10.5. The van der Waals surface area contributed by atoms with Crippen LogP contribution in [0.15, 0.2) is 17.3 Å². The van der Waals surface area contributed by atoms with E-state index in [1.165, 1.54) is 0 Å². The first kappa shape index (κ1) is 14.0. The summed E-state index contributed by atoms with van der Waals surface area (Å²) < 4.78 is 0. The van der Waals surface area contributed by atoms with Gasteiger partial charge in [0.2, 0.25) is 0 Å². The van der Waals surface area contributed by atoms with Crippen LogP contribution < -0.4 is 0 Å². The molecule has 3 nitrogen and oxygen atoms in total. The van der Waals surface area contributed by atoms with Gasteiger partial charge in [-0.15, -0.1) is 11.8 Å². The largest absolute Gasteiger partial charge is 0.303 e. The summed E-state index contributed by atoms with van der Waals surface area (Å²) in [7, 11) is 0. The van der Waals surface area contributed by atoms with Crippen molar-refractivity contribution in [1.82, 2.24) is 9.88 Å². The highest BCUT2D eigenvalue weighted by atomic mass is 32.2. The predicted molar refractivity (Wildman–Crippen MR) is 72.2 cm³/mol. The fourth-order valence-corrected chi connectivity index (χ4v) is 2.62. The molecule has 1 aromatic rings. The maximum atomic E-state index is 9.09. The van der Waals surface area contributed by atoms with Crippen molar-refractivity contribution in [3.8, 4) is 6.07 Å². The zero-order chi connectivity index (χ0) is 12.7. The topological polar surface area (TPSA) is 39.9 Å². The number of aryl methyl sites for hydroxylation is 1. The smallest absolute Gasteiger partial charge is 0.114 e. The molecule has 17 heavy (non-hydrogen) atoms. The second-order valence-corrected chi connectivity index (χ2v) is 4.88. The summed E-state index contributed by atoms with van der Waals surface area (Å²) in [4.78, 5) is 6.65. The molecule has 1 heterocycles. The van der Waals surface area contributed by atoms with Crippen molar-refractivity contribution in [2.24, 2.45) is 0 Å². The first-order valence-electron chi connectivity index (χ1n) is 5.93. The minimum Gasteiger partial charge on any atom is -0.303 e. The number of nitrogens with zero attached hydrogens (tertiary/aromatic N) is 3. The first-order valence-corrected chi connectivity index (χ1v) is 6.92. The Balaban J connectivity index is 2.58. The Kier molecular flexibility index (Phi) is 6.03. The van der Waals surface area contributed by atoms with E-state index in [2.05, 4.69) is 29.8 Å². The molecule has 0 aliphatic carbocycles. The van der Waals surface area contributed by atoms with Gasteiger partial charge in [-0.1, -0.05) is 13.8 Å². The third kappa shape index (κ3) is 4.03. The molecule has 0 radical (unpaired) electrons. The lowest BCUT2D eigenvalue weighted by atomic mass is 10.2. The summed E-state index contributed by atoms with van der Waals surface area (Å²) in [6, 6.07) is 4.11. The second kappa shape index (κ2) is 7.31. The Morgan fingerprint density at radius 2 is 2.12 bits per heavy atom. The molecule has 0 saturated carbocycles. The highest BCUT2D eigenvalue weighted by Crippen LogP contribution is 2.21. The summed E-state index contributed by atoms with van der Waals surface area (Å²) in [5.74, 6) is 0.979. The van der Waals surface area contributed by atoms with Gasteiger partial charge in [0.1, 0.15) is 11.1 Å². The van der Waals surface area contributed by atoms with Crippen LogP contribution in [0.2, 0.25) is 0 Å². The number of rotatable bonds is 6. The molecule has 0 bridgehead atoms. The van der Waals surface area contributed by atoms with Crippen LogP contribution in [0.5, 0.6) is 0 Å². The predicted octanol–water partition coefficient (Wildman–Crippen LogP) is 2.70. The monoisotopic (exact) mass is 249 g/mol. The lowest BCUT2D eigenvalue weighted by molar-refractivity contribution is 0.324. The van der Waals surface area contributed by atoms with Gasteiger partial charge in [0, 0.05) is 18.5 Å². The number of hydrogen-bond donors (Lipinski definition) is 0. The SMILES string of the molecule is CCN(CC)CCSc1nccc(C)c1C#N. The van der Waals surface area contributed by atoms with Crippen LogP contribution in [0, 0.1) is 18.3 Å². The van der Waals surface area contributed by atoms with Crippen molar-refractivity contribution in [1.29, 1.82) is 5.26 Å². The van der Waals surface area contributed by atoms with Gasteiger partial charge in [-0.05, 0) is 31.6 Å². The molecule has 0 aromatic carbocycles. The molecule has 4 heteroatoms. The maximum Gasteiger partial charge on any atom is 0.114 e. The molecule has 0 atom stereocenters. The zero-order valence-electron chi connectivity index (χ0n) is 10.7. The van der Waals surface area contributed by atoms with E-state index >= 15 is 0 Å². The van der Waals surface area contributed by atoms with Gasteiger partial charge in [-0.25, -0.2) is 4.98 Å². The van der Waals surface area contributed by atoms with Crippen molar-refractivity contribution in [2.75, 3.05) is 25.4 Å². The van der Waals surface area contributed by atoms with E-state index in [1.54, 1.807) is 18.0 Å². The van der Waals surface area contributed by atoms with Gasteiger partial charge in [0.25, 0.3) is 0 Å². The maximum absolute atomic E-state index is 9.09. The number of pyridine rings is 1. The van der Waals surface area contributed by atoms with Crippen LogP contribution in [0.25, 0.3) is 0 Å². The van der Waals surface area contributed by atoms with E-state index < -0.39 is 0 Å². The fraction of sp³-hybridized carbons (Fsp3) is 0.538. The number of nitriles is 1. The quantitative estimate of drug-likeness (QED) is 0.727. The van der Waals surface area contributed by atoms with Gasteiger partial charge >= 0.3 is 0 Å². The van der Waals surface area contributed by atoms with Crippen molar-refractivity contribution in [2.45, 2.75) is 25.8 Å². The van der Waals surface area contributed by atoms with Crippen LogP contribution >= 0.6 is 11.8 Å². The fourth-order valence-electron chi connectivity index (χ4n) is 1.59. The van der Waals surface area contributed by atoms with Crippen molar-refractivity contribution < 1.29 is 0 Å². The molecule has 1 rings (SSSR count). The van der Waals surface area contributed by atoms with Crippen molar-refractivity contribution in [3.05, 3.63) is 23.4 Å². The Morgan fingerprint density at radius 3 is 2.71 bits per heavy atom. The summed E-state index contributed by atoms with van der Waals surface area (Å²) in [6.07, 6.45) is 1.77. The van der Waals surface area contributed by atoms with Gasteiger partial charge < -0.3 is 4.90 Å². The minimum absolute atomic E-state index is 0.719.